The first kappa shape index (κ1) is 9.46. The van der Waals surface area contributed by atoms with Crippen LogP contribution < -0.4 is 5.73 Å². The number of nitrogens with zero attached hydrogens (tertiary/aromatic N) is 1. The number of halogens is 1. The van der Waals surface area contributed by atoms with E-state index in [0.29, 0.717) is 10.7 Å². The number of aromatic nitrogens is 1. The molecule has 4 heteroatoms. The van der Waals surface area contributed by atoms with E-state index >= 15 is 0 Å². The van der Waals surface area contributed by atoms with Gasteiger partial charge in [-0.3, -0.25) is 4.79 Å². The first-order valence-electron chi connectivity index (χ1n) is 4.66. The fraction of sp³-hybridized carbons (Fsp3) is 0.400. The highest BCUT2D eigenvalue weighted by atomic mass is 35.5. The topological polar surface area (TPSA) is 56.0 Å². The van der Waals surface area contributed by atoms with Crippen LogP contribution in [0.3, 0.4) is 0 Å². The normalized spacial score (nSPS) is 14.9. The van der Waals surface area contributed by atoms with Gasteiger partial charge in [0.05, 0.1) is 0 Å². The Morgan fingerprint density at radius 3 is 2.86 bits per heavy atom. The Morgan fingerprint density at radius 2 is 2.14 bits per heavy atom. The Labute approximate surface area is 87.3 Å². The van der Waals surface area contributed by atoms with E-state index in [9.17, 15) is 4.79 Å². The highest BCUT2D eigenvalue weighted by molar-refractivity contribution is 6.29. The molecule has 2 rings (SSSR count). The lowest BCUT2D eigenvalue weighted by molar-refractivity contribution is 0.0999. The molecule has 0 aromatic carbocycles. The van der Waals surface area contributed by atoms with E-state index in [2.05, 4.69) is 4.98 Å². The molecule has 14 heavy (non-hydrogen) atoms. The van der Waals surface area contributed by atoms with E-state index in [1.165, 1.54) is 0 Å². The molecule has 0 spiro atoms. The minimum atomic E-state index is -0.410. The van der Waals surface area contributed by atoms with Crippen LogP contribution in [0.15, 0.2) is 6.07 Å². The van der Waals surface area contributed by atoms with Gasteiger partial charge in [-0.15, -0.1) is 0 Å². The molecular weight excluding hydrogens is 200 g/mol. The van der Waals surface area contributed by atoms with Gasteiger partial charge in [-0.2, -0.15) is 0 Å². The van der Waals surface area contributed by atoms with Crippen LogP contribution in [0.25, 0.3) is 0 Å². The van der Waals surface area contributed by atoms with Gasteiger partial charge >= 0.3 is 0 Å². The van der Waals surface area contributed by atoms with Crippen molar-refractivity contribution in [2.24, 2.45) is 5.73 Å². The van der Waals surface area contributed by atoms with Crippen LogP contribution >= 0.6 is 11.6 Å². The van der Waals surface area contributed by atoms with Crippen molar-refractivity contribution < 1.29 is 4.79 Å². The summed E-state index contributed by atoms with van der Waals surface area (Å²) in [5.41, 5.74) is 7.76. The van der Waals surface area contributed by atoms with E-state index < -0.39 is 5.91 Å². The third kappa shape index (κ3) is 1.60. The van der Waals surface area contributed by atoms with Gasteiger partial charge in [0.1, 0.15) is 5.15 Å². The van der Waals surface area contributed by atoms with Gasteiger partial charge in [0.2, 0.25) is 5.91 Å². The lowest BCUT2D eigenvalue weighted by Gasteiger charge is -2.17. The zero-order chi connectivity index (χ0) is 10.1. The summed E-state index contributed by atoms with van der Waals surface area (Å²) >= 11 is 5.81. The van der Waals surface area contributed by atoms with E-state index in [-0.39, 0.29) is 0 Å². The Kier molecular flexibility index (Phi) is 2.42. The Hall–Kier alpha value is -1.09. The quantitative estimate of drug-likeness (QED) is 0.718. The molecule has 0 saturated heterocycles. The SMILES string of the molecule is NC(=O)c1cc(Cl)nc2c1CCCC2. The van der Waals surface area contributed by atoms with Crippen molar-refractivity contribution in [3.8, 4) is 0 Å². The summed E-state index contributed by atoms with van der Waals surface area (Å²) < 4.78 is 0. The third-order valence-electron chi connectivity index (χ3n) is 2.53. The predicted molar refractivity (Wildman–Crippen MR) is 54.4 cm³/mol. The molecule has 1 heterocycles. The zero-order valence-electron chi connectivity index (χ0n) is 7.72. The number of nitrogens with two attached hydrogens (primary N) is 1. The second-order valence-electron chi connectivity index (χ2n) is 3.49. The number of fused-ring (bicyclic) bond motifs is 1. The molecule has 2 N–H and O–H groups in total. The number of carbonyl (C=O) groups is 1. The van der Waals surface area contributed by atoms with Gasteiger partial charge in [0, 0.05) is 11.3 Å². The maximum atomic E-state index is 11.2. The van der Waals surface area contributed by atoms with Crippen molar-refractivity contribution in [2.75, 3.05) is 0 Å². The van der Waals surface area contributed by atoms with Crippen LogP contribution in [-0.4, -0.2) is 10.9 Å². The lowest BCUT2D eigenvalue weighted by Crippen LogP contribution is -2.18. The van der Waals surface area contributed by atoms with Gasteiger partial charge in [-0.05, 0) is 37.3 Å². The zero-order valence-corrected chi connectivity index (χ0v) is 8.47. The molecule has 0 saturated carbocycles. The van der Waals surface area contributed by atoms with Crippen molar-refractivity contribution >= 4 is 17.5 Å². The van der Waals surface area contributed by atoms with E-state index in [4.69, 9.17) is 17.3 Å². The number of rotatable bonds is 1. The molecular formula is C10H11ClN2O. The van der Waals surface area contributed by atoms with Gasteiger partial charge in [-0.1, -0.05) is 11.6 Å². The first-order valence-corrected chi connectivity index (χ1v) is 5.04. The summed E-state index contributed by atoms with van der Waals surface area (Å²) in [5.74, 6) is -0.410. The van der Waals surface area contributed by atoms with Crippen molar-refractivity contribution in [2.45, 2.75) is 25.7 Å². The summed E-state index contributed by atoms with van der Waals surface area (Å²) in [6.45, 7) is 0. The lowest BCUT2D eigenvalue weighted by atomic mass is 9.92. The molecule has 0 unspecified atom stereocenters. The summed E-state index contributed by atoms with van der Waals surface area (Å²) in [6.07, 6.45) is 3.99. The molecule has 74 valence electrons. The predicted octanol–water partition coefficient (Wildman–Crippen LogP) is 1.71. The number of aryl methyl sites for hydroxylation is 1. The minimum absolute atomic E-state index is 0.361. The van der Waals surface area contributed by atoms with Crippen LogP contribution in [0, 0.1) is 0 Å². The highest BCUT2D eigenvalue weighted by Crippen LogP contribution is 2.25. The van der Waals surface area contributed by atoms with Gasteiger partial charge in [0.15, 0.2) is 0 Å². The molecule has 1 aromatic rings. The van der Waals surface area contributed by atoms with Crippen LogP contribution in [0.1, 0.15) is 34.5 Å². The second-order valence-corrected chi connectivity index (χ2v) is 3.88. The Balaban J connectivity index is 2.58. The van der Waals surface area contributed by atoms with Crippen LogP contribution in [0.5, 0.6) is 0 Å². The van der Waals surface area contributed by atoms with Crippen LogP contribution in [-0.2, 0) is 12.8 Å². The first-order chi connectivity index (χ1) is 6.68. The van der Waals surface area contributed by atoms with Crippen molar-refractivity contribution in [3.63, 3.8) is 0 Å². The molecule has 1 aromatic heterocycles. The average molecular weight is 211 g/mol. The second kappa shape index (κ2) is 3.58. The number of hydrogen-bond donors (Lipinski definition) is 1. The molecule has 0 fully saturated rings. The number of pyridine rings is 1. The monoisotopic (exact) mass is 210 g/mol. The average Bonchev–Trinajstić information content (AvgIpc) is 2.16. The smallest absolute Gasteiger partial charge is 0.249 e. The standard InChI is InChI=1S/C10H11ClN2O/c11-9-5-7(10(12)14)6-3-1-2-4-8(6)13-9/h5H,1-4H2,(H2,12,14). The maximum absolute atomic E-state index is 11.2. The van der Waals surface area contributed by atoms with Gasteiger partial charge in [0.25, 0.3) is 0 Å². The molecule has 1 amide bonds. The Morgan fingerprint density at radius 1 is 1.43 bits per heavy atom. The van der Waals surface area contributed by atoms with Crippen molar-refractivity contribution in [1.29, 1.82) is 0 Å². The molecule has 0 atom stereocenters. The number of hydrogen-bond acceptors (Lipinski definition) is 2. The van der Waals surface area contributed by atoms with Gasteiger partial charge in [-0.25, -0.2) is 4.98 Å². The Bertz CT molecular complexity index is 390. The third-order valence-corrected chi connectivity index (χ3v) is 2.73. The fourth-order valence-corrected chi connectivity index (χ4v) is 2.10. The largest absolute Gasteiger partial charge is 0.366 e. The van der Waals surface area contributed by atoms with Crippen molar-refractivity contribution in [3.05, 3.63) is 28.0 Å². The molecule has 1 aliphatic carbocycles. The fourth-order valence-electron chi connectivity index (χ4n) is 1.89. The van der Waals surface area contributed by atoms with E-state index in [0.717, 1.165) is 36.9 Å². The van der Waals surface area contributed by atoms with Crippen LogP contribution in [0.2, 0.25) is 5.15 Å². The maximum Gasteiger partial charge on any atom is 0.249 e. The van der Waals surface area contributed by atoms with Gasteiger partial charge < -0.3 is 5.73 Å². The molecule has 0 aliphatic heterocycles. The van der Waals surface area contributed by atoms with Crippen LogP contribution in [0.4, 0.5) is 0 Å². The summed E-state index contributed by atoms with van der Waals surface area (Å²) in [5, 5.41) is 0.361. The van der Waals surface area contributed by atoms with E-state index in [1.54, 1.807) is 6.07 Å². The molecule has 0 bridgehead atoms. The number of carbonyl (C=O) groups excluding carboxylic acids is 1. The molecule has 0 radical (unpaired) electrons. The minimum Gasteiger partial charge on any atom is -0.366 e. The summed E-state index contributed by atoms with van der Waals surface area (Å²) in [6, 6.07) is 1.56. The van der Waals surface area contributed by atoms with E-state index in [1.807, 2.05) is 0 Å². The summed E-state index contributed by atoms with van der Waals surface area (Å²) in [4.78, 5) is 15.4. The molecule has 3 nitrogen and oxygen atoms in total. The highest BCUT2D eigenvalue weighted by Gasteiger charge is 2.18. The number of primary amides is 1. The number of amides is 1. The summed E-state index contributed by atoms with van der Waals surface area (Å²) in [7, 11) is 0. The molecule has 1 aliphatic rings. The van der Waals surface area contributed by atoms with Crippen molar-refractivity contribution in [1.82, 2.24) is 4.98 Å².